The molecular weight excluding hydrogens is 266 g/mol. The molecule has 0 spiro atoms. The van der Waals surface area contributed by atoms with E-state index < -0.39 is 0 Å². The first-order chi connectivity index (χ1) is 9.58. The van der Waals surface area contributed by atoms with Crippen LogP contribution in [0.25, 0.3) is 0 Å². The molecule has 0 radical (unpaired) electrons. The summed E-state index contributed by atoms with van der Waals surface area (Å²) >= 11 is 1.74. The Morgan fingerprint density at radius 1 is 1.35 bits per heavy atom. The maximum atomic E-state index is 12.3. The second-order valence-electron chi connectivity index (χ2n) is 6.09. The molecule has 2 nitrogen and oxygen atoms in total. The van der Waals surface area contributed by atoms with E-state index in [1.807, 2.05) is 0 Å². The first-order valence-electron chi connectivity index (χ1n) is 7.49. The highest BCUT2D eigenvalue weighted by Crippen LogP contribution is 2.28. The molecule has 0 bridgehead atoms. The van der Waals surface area contributed by atoms with Crippen molar-refractivity contribution in [3.05, 3.63) is 35.4 Å². The number of carbonyl (C=O) groups is 1. The van der Waals surface area contributed by atoms with Crippen molar-refractivity contribution in [2.24, 2.45) is 5.92 Å². The third-order valence-corrected chi connectivity index (χ3v) is 4.58. The normalized spacial score (nSPS) is 14.6. The molecule has 1 aliphatic carbocycles. The van der Waals surface area contributed by atoms with E-state index in [4.69, 9.17) is 0 Å². The molecule has 0 N–H and O–H groups in total. The molecule has 3 heteroatoms. The molecule has 0 aromatic heterocycles. The Hall–Kier alpha value is -0.960. The lowest BCUT2D eigenvalue weighted by Crippen LogP contribution is -2.37. The van der Waals surface area contributed by atoms with Gasteiger partial charge in [-0.2, -0.15) is 0 Å². The Balaban J connectivity index is 1.80. The van der Waals surface area contributed by atoms with Crippen molar-refractivity contribution in [1.29, 1.82) is 0 Å². The summed E-state index contributed by atoms with van der Waals surface area (Å²) in [6.45, 7) is 7.41. The monoisotopic (exact) mass is 291 g/mol. The van der Waals surface area contributed by atoms with Crippen LogP contribution >= 0.6 is 11.8 Å². The number of aryl methyl sites for hydroxylation is 1. The molecule has 110 valence electrons. The molecule has 2 rings (SSSR count). The molecule has 1 fully saturated rings. The number of hydrogen-bond acceptors (Lipinski definition) is 2. The standard InChI is InChI=1S/C17H25NOS/c1-13(2)10-18(16-8-9-16)17(19)12-20-11-15-7-5-4-6-14(15)3/h4-7,13,16H,8-12H2,1-3H3. The van der Waals surface area contributed by atoms with Crippen molar-refractivity contribution >= 4 is 17.7 Å². The molecule has 0 unspecified atom stereocenters. The predicted octanol–water partition coefficient (Wildman–Crippen LogP) is 3.88. The molecule has 0 atom stereocenters. The Labute approximate surface area is 126 Å². The predicted molar refractivity (Wildman–Crippen MR) is 86.9 cm³/mol. The van der Waals surface area contributed by atoms with E-state index in [0.29, 0.717) is 23.6 Å². The maximum Gasteiger partial charge on any atom is 0.232 e. The summed E-state index contributed by atoms with van der Waals surface area (Å²) in [4.78, 5) is 14.4. The van der Waals surface area contributed by atoms with Crippen LogP contribution in [0.15, 0.2) is 24.3 Å². The SMILES string of the molecule is Cc1ccccc1CSCC(=O)N(CC(C)C)C1CC1. The van der Waals surface area contributed by atoms with E-state index in [9.17, 15) is 4.79 Å². The van der Waals surface area contributed by atoms with Gasteiger partial charge in [0.15, 0.2) is 0 Å². The van der Waals surface area contributed by atoms with Crippen molar-refractivity contribution in [3.8, 4) is 0 Å². The van der Waals surface area contributed by atoms with E-state index in [-0.39, 0.29) is 0 Å². The summed E-state index contributed by atoms with van der Waals surface area (Å²) in [6.07, 6.45) is 2.39. The third-order valence-electron chi connectivity index (χ3n) is 3.61. The largest absolute Gasteiger partial charge is 0.339 e. The summed E-state index contributed by atoms with van der Waals surface area (Å²) in [7, 11) is 0. The van der Waals surface area contributed by atoms with Crippen molar-refractivity contribution in [3.63, 3.8) is 0 Å². The molecule has 1 aromatic rings. The van der Waals surface area contributed by atoms with Gasteiger partial charge in [-0.3, -0.25) is 4.79 Å². The number of rotatable bonds is 7. The van der Waals surface area contributed by atoms with Gasteiger partial charge in [0.25, 0.3) is 0 Å². The van der Waals surface area contributed by atoms with Crippen molar-refractivity contribution in [1.82, 2.24) is 4.90 Å². The number of thioether (sulfide) groups is 1. The summed E-state index contributed by atoms with van der Waals surface area (Å²) in [6, 6.07) is 8.95. The van der Waals surface area contributed by atoms with Crippen LogP contribution < -0.4 is 0 Å². The zero-order valence-corrected chi connectivity index (χ0v) is 13.6. The lowest BCUT2D eigenvalue weighted by atomic mass is 10.1. The zero-order chi connectivity index (χ0) is 14.5. The van der Waals surface area contributed by atoms with Gasteiger partial charge in [-0.1, -0.05) is 38.1 Å². The fourth-order valence-electron chi connectivity index (χ4n) is 2.34. The number of nitrogens with zero attached hydrogens (tertiary/aromatic N) is 1. The van der Waals surface area contributed by atoms with Gasteiger partial charge >= 0.3 is 0 Å². The van der Waals surface area contributed by atoms with E-state index in [0.717, 1.165) is 12.3 Å². The van der Waals surface area contributed by atoms with Crippen molar-refractivity contribution < 1.29 is 4.79 Å². The van der Waals surface area contributed by atoms with Gasteiger partial charge in [0.05, 0.1) is 5.75 Å². The van der Waals surface area contributed by atoms with Crippen LogP contribution in [0.4, 0.5) is 0 Å². The van der Waals surface area contributed by atoms with Crippen LogP contribution in [0, 0.1) is 12.8 Å². The van der Waals surface area contributed by atoms with Crippen LogP contribution in [0.2, 0.25) is 0 Å². The summed E-state index contributed by atoms with van der Waals surface area (Å²) in [5.74, 6) is 2.41. The van der Waals surface area contributed by atoms with Gasteiger partial charge < -0.3 is 4.90 Å². The lowest BCUT2D eigenvalue weighted by molar-refractivity contribution is -0.129. The van der Waals surface area contributed by atoms with E-state index in [2.05, 4.69) is 49.9 Å². The average Bonchev–Trinajstić information content (AvgIpc) is 3.22. The first kappa shape index (κ1) is 15.4. The lowest BCUT2D eigenvalue weighted by Gasteiger charge is -2.24. The van der Waals surface area contributed by atoms with Gasteiger partial charge in [0, 0.05) is 18.3 Å². The topological polar surface area (TPSA) is 20.3 Å². The first-order valence-corrected chi connectivity index (χ1v) is 8.65. The van der Waals surface area contributed by atoms with E-state index >= 15 is 0 Å². The number of benzene rings is 1. The Morgan fingerprint density at radius 2 is 2.05 bits per heavy atom. The van der Waals surface area contributed by atoms with Crippen LogP contribution in [-0.2, 0) is 10.5 Å². The fourth-order valence-corrected chi connectivity index (χ4v) is 3.32. The average molecular weight is 291 g/mol. The summed E-state index contributed by atoms with van der Waals surface area (Å²) < 4.78 is 0. The maximum absolute atomic E-state index is 12.3. The molecule has 1 amide bonds. The fraction of sp³-hybridized carbons (Fsp3) is 0.588. The minimum atomic E-state index is 0.319. The van der Waals surface area contributed by atoms with E-state index in [1.165, 1.54) is 24.0 Å². The van der Waals surface area contributed by atoms with Gasteiger partial charge in [-0.25, -0.2) is 0 Å². The van der Waals surface area contributed by atoms with Crippen molar-refractivity contribution in [2.45, 2.75) is 45.4 Å². The molecule has 1 aliphatic rings. The van der Waals surface area contributed by atoms with Crippen LogP contribution in [0.3, 0.4) is 0 Å². The second-order valence-corrected chi connectivity index (χ2v) is 7.08. The van der Waals surface area contributed by atoms with Gasteiger partial charge in [-0.15, -0.1) is 11.8 Å². The number of amides is 1. The molecule has 20 heavy (non-hydrogen) atoms. The smallest absolute Gasteiger partial charge is 0.232 e. The Kier molecular flexibility index (Phi) is 5.53. The molecule has 0 saturated heterocycles. The molecule has 0 aliphatic heterocycles. The highest BCUT2D eigenvalue weighted by atomic mass is 32.2. The van der Waals surface area contributed by atoms with E-state index in [1.54, 1.807) is 11.8 Å². The second kappa shape index (κ2) is 7.16. The van der Waals surface area contributed by atoms with Crippen LogP contribution in [0.5, 0.6) is 0 Å². The van der Waals surface area contributed by atoms with Gasteiger partial charge in [0.1, 0.15) is 0 Å². The Bertz CT molecular complexity index is 454. The molecule has 1 saturated carbocycles. The number of hydrogen-bond donors (Lipinski definition) is 0. The highest BCUT2D eigenvalue weighted by Gasteiger charge is 2.32. The minimum Gasteiger partial charge on any atom is -0.339 e. The molecule has 1 aromatic carbocycles. The van der Waals surface area contributed by atoms with Gasteiger partial charge in [-0.05, 0) is 36.8 Å². The zero-order valence-electron chi connectivity index (χ0n) is 12.8. The van der Waals surface area contributed by atoms with Crippen LogP contribution in [-0.4, -0.2) is 29.1 Å². The Morgan fingerprint density at radius 3 is 2.65 bits per heavy atom. The molecule has 0 heterocycles. The number of carbonyl (C=O) groups excluding carboxylic acids is 1. The third kappa shape index (κ3) is 4.55. The highest BCUT2D eigenvalue weighted by molar-refractivity contribution is 7.99. The minimum absolute atomic E-state index is 0.319. The molecular formula is C17H25NOS. The van der Waals surface area contributed by atoms with Crippen molar-refractivity contribution in [2.75, 3.05) is 12.3 Å². The summed E-state index contributed by atoms with van der Waals surface area (Å²) in [5, 5.41) is 0. The van der Waals surface area contributed by atoms with Gasteiger partial charge in [0.2, 0.25) is 5.91 Å². The quantitative estimate of drug-likeness (QED) is 0.760. The van der Waals surface area contributed by atoms with Crippen LogP contribution in [0.1, 0.15) is 37.8 Å². The summed E-state index contributed by atoms with van der Waals surface area (Å²) in [5.41, 5.74) is 2.65.